The second-order valence-electron chi connectivity index (χ2n) is 6.19. The van der Waals surface area contributed by atoms with Gasteiger partial charge in [0.2, 0.25) is 5.13 Å². The van der Waals surface area contributed by atoms with Gasteiger partial charge in [0.05, 0.1) is 5.92 Å². The minimum atomic E-state index is -0.787. The fourth-order valence-electron chi connectivity index (χ4n) is 2.76. The summed E-state index contributed by atoms with van der Waals surface area (Å²) in [6.45, 7) is 2.93. The SMILES string of the molecule is Cc1ccc(Cc2nnc(NC(=O)N3CCC(C(=O)O)CC3)s2)cc1. The van der Waals surface area contributed by atoms with Crippen molar-refractivity contribution in [2.24, 2.45) is 5.92 Å². The summed E-state index contributed by atoms with van der Waals surface area (Å²) in [5.74, 6) is -1.14. The van der Waals surface area contributed by atoms with Gasteiger partial charge in [-0.3, -0.25) is 10.1 Å². The lowest BCUT2D eigenvalue weighted by Crippen LogP contribution is -2.42. The highest BCUT2D eigenvalue weighted by Crippen LogP contribution is 2.21. The molecule has 1 aliphatic heterocycles. The number of nitrogens with zero attached hydrogens (tertiary/aromatic N) is 3. The normalized spacial score (nSPS) is 15.2. The van der Waals surface area contributed by atoms with E-state index in [4.69, 9.17) is 5.11 Å². The fourth-order valence-corrected chi connectivity index (χ4v) is 3.52. The summed E-state index contributed by atoms with van der Waals surface area (Å²) in [7, 11) is 0. The van der Waals surface area contributed by atoms with E-state index in [-0.39, 0.29) is 11.9 Å². The molecule has 1 aliphatic rings. The van der Waals surface area contributed by atoms with E-state index in [2.05, 4.69) is 39.8 Å². The zero-order chi connectivity index (χ0) is 17.8. The molecule has 0 radical (unpaired) electrons. The first-order valence-corrected chi connectivity index (χ1v) is 8.99. The molecule has 0 bridgehead atoms. The maximum Gasteiger partial charge on any atom is 0.323 e. The molecule has 1 aromatic carbocycles. The number of likely N-dealkylation sites (tertiary alicyclic amines) is 1. The third-order valence-electron chi connectivity index (χ3n) is 4.29. The highest BCUT2D eigenvalue weighted by atomic mass is 32.1. The van der Waals surface area contributed by atoms with Crippen LogP contribution in [0.1, 0.15) is 29.0 Å². The van der Waals surface area contributed by atoms with Crippen LogP contribution >= 0.6 is 11.3 Å². The van der Waals surface area contributed by atoms with E-state index >= 15 is 0 Å². The van der Waals surface area contributed by atoms with Crippen molar-refractivity contribution < 1.29 is 14.7 Å². The molecule has 0 unspecified atom stereocenters. The quantitative estimate of drug-likeness (QED) is 0.874. The number of benzene rings is 1. The van der Waals surface area contributed by atoms with Crippen molar-refractivity contribution in [2.45, 2.75) is 26.2 Å². The number of carbonyl (C=O) groups excluding carboxylic acids is 1. The average molecular weight is 360 g/mol. The van der Waals surface area contributed by atoms with Crippen LogP contribution in [0.2, 0.25) is 0 Å². The van der Waals surface area contributed by atoms with Gasteiger partial charge in [0, 0.05) is 19.5 Å². The van der Waals surface area contributed by atoms with Gasteiger partial charge in [-0.15, -0.1) is 10.2 Å². The number of anilines is 1. The second-order valence-corrected chi connectivity index (χ2v) is 7.26. The summed E-state index contributed by atoms with van der Waals surface area (Å²) >= 11 is 1.35. The molecule has 2 amide bonds. The van der Waals surface area contributed by atoms with Crippen molar-refractivity contribution in [1.29, 1.82) is 0 Å². The first-order valence-electron chi connectivity index (χ1n) is 8.18. The van der Waals surface area contributed by atoms with Crippen molar-refractivity contribution in [1.82, 2.24) is 15.1 Å². The van der Waals surface area contributed by atoms with Gasteiger partial charge in [-0.05, 0) is 25.3 Å². The fraction of sp³-hybridized carbons (Fsp3) is 0.412. The van der Waals surface area contributed by atoms with Gasteiger partial charge in [0.25, 0.3) is 0 Å². The van der Waals surface area contributed by atoms with Gasteiger partial charge in [-0.1, -0.05) is 41.2 Å². The number of hydrogen-bond acceptors (Lipinski definition) is 5. The standard InChI is InChI=1S/C17H20N4O3S/c1-11-2-4-12(5-3-11)10-14-19-20-16(25-14)18-17(24)21-8-6-13(7-9-21)15(22)23/h2-5,13H,6-10H2,1H3,(H,22,23)(H,18,20,24). The Bertz CT molecular complexity index is 752. The molecule has 2 N–H and O–H groups in total. The Kier molecular flexibility index (Phi) is 5.28. The predicted octanol–water partition coefficient (Wildman–Crippen LogP) is 2.77. The number of rotatable bonds is 4. The number of urea groups is 1. The zero-order valence-electron chi connectivity index (χ0n) is 13.9. The monoisotopic (exact) mass is 360 g/mol. The van der Waals surface area contributed by atoms with Gasteiger partial charge in [-0.2, -0.15) is 0 Å². The van der Waals surface area contributed by atoms with Crippen LogP contribution in [0.4, 0.5) is 9.93 Å². The molecule has 0 saturated carbocycles. The summed E-state index contributed by atoms with van der Waals surface area (Å²) in [6.07, 6.45) is 1.65. The molecule has 3 rings (SSSR count). The zero-order valence-corrected chi connectivity index (χ0v) is 14.8. The van der Waals surface area contributed by atoms with Crippen molar-refractivity contribution in [3.63, 3.8) is 0 Å². The molecular formula is C17H20N4O3S. The van der Waals surface area contributed by atoms with Crippen molar-refractivity contribution in [3.8, 4) is 0 Å². The van der Waals surface area contributed by atoms with Crippen LogP contribution < -0.4 is 5.32 Å². The molecule has 0 spiro atoms. The Hall–Kier alpha value is -2.48. The third kappa shape index (κ3) is 4.54. The Morgan fingerprint density at radius 1 is 1.24 bits per heavy atom. The molecule has 2 aromatic rings. The summed E-state index contributed by atoms with van der Waals surface area (Å²) in [4.78, 5) is 24.8. The van der Waals surface area contributed by atoms with E-state index in [0.29, 0.717) is 37.5 Å². The molecule has 0 atom stereocenters. The van der Waals surface area contributed by atoms with E-state index in [9.17, 15) is 9.59 Å². The Morgan fingerprint density at radius 3 is 2.56 bits per heavy atom. The van der Waals surface area contributed by atoms with Crippen LogP contribution in [0.5, 0.6) is 0 Å². The van der Waals surface area contributed by atoms with Crippen LogP contribution in [0.25, 0.3) is 0 Å². The summed E-state index contributed by atoms with van der Waals surface area (Å²) in [6, 6.07) is 7.98. The minimum Gasteiger partial charge on any atom is -0.481 e. The largest absolute Gasteiger partial charge is 0.481 e. The van der Waals surface area contributed by atoms with E-state index in [1.54, 1.807) is 4.90 Å². The maximum atomic E-state index is 12.3. The summed E-state index contributed by atoms with van der Waals surface area (Å²) < 4.78 is 0. The number of aryl methyl sites for hydroxylation is 1. The average Bonchev–Trinajstić information content (AvgIpc) is 3.04. The molecular weight excluding hydrogens is 340 g/mol. The number of aliphatic carboxylic acids is 1. The number of piperidine rings is 1. The van der Waals surface area contributed by atoms with Gasteiger partial charge < -0.3 is 10.0 Å². The predicted molar refractivity (Wildman–Crippen MR) is 94.8 cm³/mol. The highest BCUT2D eigenvalue weighted by Gasteiger charge is 2.27. The van der Waals surface area contributed by atoms with E-state index in [1.807, 2.05) is 6.92 Å². The lowest BCUT2D eigenvalue weighted by atomic mass is 9.97. The van der Waals surface area contributed by atoms with Crippen molar-refractivity contribution in [3.05, 3.63) is 40.4 Å². The van der Waals surface area contributed by atoms with E-state index in [0.717, 1.165) is 10.6 Å². The Balaban J connectivity index is 1.53. The molecule has 132 valence electrons. The van der Waals surface area contributed by atoms with Crippen LogP contribution in [0.15, 0.2) is 24.3 Å². The first kappa shape index (κ1) is 17.3. The van der Waals surface area contributed by atoms with Crippen molar-refractivity contribution in [2.75, 3.05) is 18.4 Å². The van der Waals surface area contributed by atoms with Gasteiger partial charge in [0.1, 0.15) is 5.01 Å². The molecule has 25 heavy (non-hydrogen) atoms. The molecule has 1 aromatic heterocycles. The molecule has 0 aliphatic carbocycles. The third-order valence-corrected chi connectivity index (χ3v) is 5.13. The highest BCUT2D eigenvalue weighted by molar-refractivity contribution is 7.15. The number of carboxylic acid groups (broad SMARTS) is 1. The molecule has 2 heterocycles. The molecule has 7 nitrogen and oxygen atoms in total. The van der Waals surface area contributed by atoms with Crippen LogP contribution in [-0.4, -0.2) is 45.3 Å². The molecule has 8 heteroatoms. The lowest BCUT2D eigenvalue weighted by Gasteiger charge is -2.29. The number of aromatic nitrogens is 2. The number of amides is 2. The maximum absolute atomic E-state index is 12.3. The summed E-state index contributed by atoms with van der Waals surface area (Å²) in [5, 5.41) is 21.2. The number of carbonyl (C=O) groups is 2. The van der Waals surface area contributed by atoms with E-state index in [1.165, 1.54) is 16.9 Å². The number of carboxylic acids is 1. The molecule has 1 fully saturated rings. The Labute approximate surface area is 149 Å². The smallest absolute Gasteiger partial charge is 0.323 e. The topological polar surface area (TPSA) is 95.4 Å². The first-order chi connectivity index (χ1) is 12.0. The van der Waals surface area contributed by atoms with Crippen LogP contribution in [0, 0.1) is 12.8 Å². The number of nitrogens with one attached hydrogen (secondary N) is 1. The van der Waals surface area contributed by atoms with Gasteiger partial charge in [-0.25, -0.2) is 4.79 Å². The summed E-state index contributed by atoms with van der Waals surface area (Å²) in [5.41, 5.74) is 2.36. The van der Waals surface area contributed by atoms with Crippen molar-refractivity contribution >= 4 is 28.5 Å². The van der Waals surface area contributed by atoms with Gasteiger partial charge in [0.15, 0.2) is 0 Å². The number of hydrogen-bond donors (Lipinski definition) is 2. The minimum absolute atomic E-state index is 0.248. The van der Waals surface area contributed by atoms with E-state index < -0.39 is 5.97 Å². The van der Waals surface area contributed by atoms with Crippen LogP contribution in [-0.2, 0) is 11.2 Å². The second kappa shape index (κ2) is 7.60. The van der Waals surface area contributed by atoms with Crippen LogP contribution in [0.3, 0.4) is 0 Å². The molecule has 1 saturated heterocycles. The Morgan fingerprint density at radius 2 is 1.92 bits per heavy atom. The van der Waals surface area contributed by atoms with Gasteiger partial charge >= 0.3 is 12.0 Å². The lowest BCUT2D eigenvalue weighted by molar-refractivity contribution is -0.143.